The van der Waals surface area contributed by atoms with Crippen LogP contribution in [0.5, 0.6) is 5.75 Å². The highest BCUT2D eigenvalue weighted by molar-refractivity contribution is 9.09. The Morgan fingerprint density at radius 2 is 1.94 bits per heavy atom. The lowest BCUT2D eigenvalue weighted by Gasteiger charge is -2.10. The van der Waals surface area contributed by atoms with Crippen molar-refractivity contribution in [3.63, 3.8) is 0 Å². The van der Waals surface area contributed by atoms with Crippen molar-refractivity contribution in [1.82, 2.24) is 4.98 Å². The van der Waals surface area contributed by atoms with Crippen LogP contribution in [0.2, 0.25) is 0 Å². The molecule has 0 fully saturated rings. The standard InChI is InChI=1S/C12H9BrF3NO/c13-6-7-18-10-3-1-2-9-8(10)4-5-11(17-9)12(14,15)16/h1-5H,6-7H2. The molecule has 0 bridgehead atoms. The fraction of sp³-hybridized carbons (Fsp3) is 0.250. The second-order valence-corrected chi connectivity index (χ2v) is 4.35. The Kier molecular flexibility index (Phi) is 3.75. The lowest BCUT2D eigenvalue weighted by Crippen LogP contribution is -2.07. The number of halogens is 4. The first-order valence-corrected chi connectivity index (χ1v) is 6.30. The van der Waals surface area contributed by atoms with Crippen LogP contribution in [0.1, 0.15) is 5.69 Å². The summed E-state index contributed by atoms with van der Waals surface area (Å²) in [4.78, 5) is 3.60. The minimum absolute atomic E-state index is 0.275. The van der Waals surface area contributed by atoms with Gasteiger partial charge in [0.15, 0.2) is 0 Å². The molecule has 0 aliphatic heterocycles. The van der Waals surface area contributed by atoms with E-state index in [1.807, 2.05) is 0 Å². The molecular formula is C12H9BrF3NO. The van der Waals surface area contributed by atoms with Crippen molar-refractivity contribution < 1.29 is 17.9 Å². The molecule has 1 aromatic carbocycles. The molecular weight excluding hydrogens is 311 g/mol. The van der Waals surface area contributed by atoms with Crippen LogP contribution < -0.4 is 4.74 Å². The number of aromatic nitrogens is 1. The molecule has 0 atom stereocenters. The molecule has 96 valence electrons. The van der Waals surface area contributed by atoms with Gasteiger partial charge in [0.2, 0.25) is 0 Å². The number of hydrogen-bond donors (Lipinski definition) is 0. The van der Waals surface area contributed by atoms with E-state index < -0.39 is 11.9 Å². The highest BCUT2D eigenvalue weighted by atomic mass is 79.9. The molecule has 6 heteroatoms. The van der Waals surface area contributed by atoms with E-state index in [4.69, 9.17) is 4.74 Å². The minimum atomic E-state index is -4.43. The zero-order chi connectivity index (χ0) is 13.2. The van der Waals surface area contributed by atoms with E-state index in [9.17, 15) is 13.2 Å². The molecule has 18 heavy (non-hydrogen) atoms. The van der Waals surface area contributed by atoms with Gasteiger partial charge in [0, 0.05) is 10.7 Å². The van der Waals surface area contributed by atoms with Crippen LogP contribution in [0.15, 0.2) is 30.3 Å². The van der Waals surface area contributed by atoms with E-state index in [0.717, 1.165) is 6.07 Å². The number of ether oxygens (including phenoxy) is 1. The summed E-state index contributed by atoms with van der Waals surface area (Å²) in [5.74, 6) is 0.535. The molecule has 0 N–H and O–H groups in total. The maximum absolute atomic E-state index is 12.5. The molecule has 0 saturated carbocycles. The van der Waals surface area contributed by atoms with Crippen LogP contribution in [0.4, 0.5) is 13.2 Å². The lowest BCUT2D eigenvalue weighted by molar-refractivity contribution is -0.140. The summed E-state index contributed by atoms with van der Waals surface area (Å²) >= 11 is 3.22. The quantitative estimate of drug-likeness (QED) is 0.797. The van der Waals surface area contributed by atoms with Gasteiger partial charge in [-0.2, -0.15) is 13.2 Å². The molecule has 0 amide bonds. The summed E-state index contributed by atoms with van der Waals surface area (Å²) in [6.07, 6.45) is -4.43. The Bertz CT molecular complexity index is 557. The van der Waals surface area contributed by atoms with Crippen molar-refractivity contribution in [2.24, 2.45) is 0 Å². The first kappa shape index (κ1) is 13.1. The molecule has 0 unspecified atom stereocenters. The van der Waals surface area contributed by atoms with Crippen molar-refractivity contribution in [2.75, 3.05) is 11.9 Å². The molecule has 0 aliphatic carbocycles. The second-order valence-electron chi connectivity index (χ2n) is 3.55. The molecule has 1 heterocycles. The van der Waals surface area contributed by atoms with Crippen molar-refractivity contribution in [1.29, 1.82) is 0 Å². The second kappa shape index (κ2) is 5.14. The normalized spacial score (nSPS) is 11.8. The fourth-order valence-corrected chi connectivity index (χ4v) is 1.72. The van der Waals surface area contributed by atoms with Crippen LogP contribution in [0.3, 0.4) is 0 Å². The van der Waals surface area contributed by atoms with Gasteiger partial charge in [-0.05, 0) is 24.3 Å². The van der Waals surface area contributed by atoms with E-state index in [0.29, 0.717) is 23.1 Å². The SMILES string of the molecule is FC(F)(F)c1ccc2c(OCCBr)cccc2n1. The molecule has 2 aromatic rings. The van der Waals surface area contributed by atoms with E-state index in [1.54, 1.807) is 12.1 Å². The minimum Gasteiger partial charge on any atom is -0.492 e. The van der Waals surface area contributed by atoms with Gasteiger partial charge in [-0.25, -0.2) is 4.98 Å². The van der Waals surface area contributed by atoms with Crippen LogP contribution in [0, 0.1) is 0 Å². The van der Waals surface area contributed by atoms with Gasteiger partial charge in [-0.15, -0.1) is 0 Å². The van der Waals surface area contributed by atoms with Crippen molar-refractivity contribution in [3.8, 4) is 5.75 Å². The van der Waals surface area contributed by atoms with Gasteiger partial charge in [-0.3, -0.25) is 0 Å². The first-order valence-electron chi connectivity index (χ1n) is 5.18. The Labute approximate surface area is 110 Å². The van der Waals surface area contributed by atoms with Gasteiger partial charge < -0.3 is 4.74 Å². The van der Waals surface area contributed by atoms with Crippen molar-refractivity contribution in [2.45, 2.75) is 6.18 Å². The van der Waals surface area contributed by atoms with Crippen LogP contribution in [-0.4, -0.2) is 16.9 Å². The van der Waals surface area contributed by atoms with Gasteiger partial charge >= 0.3 is 6.18 Å². The third-order valence-electron chi connectivity index (χ3n) is 2.32. The fourth-order valence-electron chi connectivity index (χ4n) is 1.56. The Morgan fingerprint density at radius 3 is 2.61 bits per heavy atom. The zero-order valence-corrected chi connectivity index (χ0v) is 10.8. The Morgan fingerprint density at radius 1 is 1.17 bits per heavy atom. The summed E-state index contributed by atoms with van der Waals surface area (Å²) in [6.45, 7) is 0.445. The number of hydrogen-bond acceptors (Lipinski definition) is 2. The molecule has 1 aromatic heterocycles. The lowest BCUT2D eigenvalue weighted by atomic mass is 10.2. The summed E-state index contributed by atoms with van der Waals surface area (Å²) < 4.78 is 43.0. The van der Waals surface area contributed by atoms with Gasteiger partial charge in [0.25, 0.3) is 0 Å². The average Bonchev–Trinajstić information content (AvgIpc) is 2.34. The van der Waals surface area contributed by atoms with E-state index in [-0.39, 0.29) is 5.52 Å². The number of benzene rings is 1. The summed E-state index contributed by atoms with van der Waals surface area (Å²) in [6, 6.07) is 7.21. The summed E-state index contributed by atoms with van der Waals surface area (Å²) in [7, 11) is 0. The zero-order valence-electron chi connectivity index (χ0n) is 9.17. The van der Waals surface area contributed by atoms with Crippen LogP contribution in [-0.2, 0) is 6.18 Å². The number of alkyl halides is 4. The number of pyridine rings is 1. The molecule has 2 nitrogen and oxygen atoms in total. The predicted octanol–water partition coefficient (Wildman–Crippen LogP) is 4.03. The topological polar surface area (TPSA) is 22.1 Å². The average molecular weight is 320 g/mol. The van der Waals surface area contributed by atoms with Gasteiger partial charge in [-0.1, -0.05) is 22.0 Å². The molecule has 0 radical (unpaired) electrons. The number of nitrogens with zero attached hydrogens (tertiary/aromatic N) is 1. The monoisotopic (exact) mass is 319 g/mol. The summed E-state index contributed by atoms with van der Waals surface area (Å²) in [5, 5.41) is 1.23. The first-order chi connectivity index (χ1) is 8.52. The van der Waals surface area contributed by atoms with E-state index in [1.165, 1.54) is 12.1 Å². The summed E-state index contributed by atoms with van der Waals surface area (Å²) in [5.41, 5.74) is -0.621. The third kappa shape index (κ3) is 2.75. The number of rotatable bonds is 3. The van der Waals surface area contributed by atoms with Crippen molar-refractivity contribution >= 4 is 26.8 Å². The van der Waals surface area contributed by atoms with Crippen LogP contribution in [0.25, 0.3) is 10.9 Å². The number of fused-ring (bicyclic) bond motifs is 1. The molecule has 0 aliphatic rings. The van der Waals surface area contributed by atoms with Gasteiger partial charge in [0.05, 0.1) is 12.1 Å². The maximum Gasteiger partial charge on any atom is 0.433 e. The largest absolute Gasteiger partial charge is 0.492 e. The molecule has 0 spiro atoms. The third-order valence-corrected chi connectivity index (χ3v) is 2.64. The van der Waals surface area contributed by atoms with Gasteiger partial charge in [0.1, 0.15) is 11.4 Å². The van der Waals surface area contributed by atoms with Crippen molar-refractivity contribution in [3.05, 3.63) is 36.0 Å². The predicted molar refractivity (Wildman–Crippen MR) is 66.0 cm³/mol. The van der Waals surface area contributed by atoms with E-state index in [2.05, 4.69) is 20.9 Å². The highest BCUT2D eigenvalue weighted by Crippen LogP contribution is 2.31. The maximum atomic E-state index is 12.5. The highest BCUT2D eigenvalue weighted by Gasteiger charge is 2.32. The Balaban J connectivity index is 2.46. The molecule has 0 saturated heterocycles. The smallest absolute Gasteiger partial charge is 0.433 e. The van der Waals surface area contributed by atoms with Crippen LogP contribution >= 0.6 is 15.9 Å². The van der Waals surface area contributed by atoms with E-state index >= 15 is 0 Å². The molecule has 2 rings (SSSR count). The Hall–Kier alpha value is -1.30.